The van der Waals surface area contributed by atoms with Gasteiger partial charge in [0.05, 0.1) is 25.6 Å². The van der Waals surface area contributed by atoms with E-state index in [4.69, 9.17) is 14.5 Å². The van der Waals surface area contributed by atoms with Crippen molar-refractivity contribution in [2.75, 3.05) is 14.2 Å². The molecular formula is C25H24N2O2. The van der Waals surface area contributed by atoms with E-state index in [0.717, 1.165) is 33.9 Å². The number of nitrogens with zero attached hydrogens (tertiary/aromatic N) is 1. The Balaban J connectivity index is 1.87. The maximum atomic E-state index is 5.46. The molecule has 0 atom stereocenters. The zero-order valence-electron chi connectivity index (χ0n) is 17.1. The normalized spacial score (nSPS) is 10.8. The van der Waals surface area contributed by atoms with E-state index in [1.807, 2.05) is 18.2 Å². The van der Waals surface area contributed by atoms with E-state index < -0.39 is 0 Å². The Morgan fingerprint density at radius 2 is 1.21 bits per heavy atom. The first-order chi connectivity index (χ1) is 14.1. The number of imidazole rings is 1. The first-order valence-electron chi connectivity index (χ1n) is 9.55. The highest BCUT2D eigenvalue weighted by Gasteiger charge is 2.16. The molecule has 4 nitrogen and oxygen atoms in total. The monoisotopic (exact) mass is 384 g/mol. The lowest BCUT2D eigenvalue weighted by atomic mass is 10.0. The second-order valence-corrected chi connectivity index (χ2v) is 7.11. The summed E-state index contributed by atoms with van der Waals surface area (Å²) < 4.78 is 10.8. The van der Waals surface area contributed by atoms with E-state index in [1.54, 1.807) is 14.2 Å². The molecule has 0 saturated carbocycles. The molecule has 146 valence electrons. The van der Waals surface area contributed by atoms with Crippen molar-refractivity contribution in [3.8, 4) is 45.4 Å². The van der Waals surface area contributed by atoms with Crippen LogP contribution >= 0.6 is 0 Å². The van der Waals surface area contributed by atoms with Crippen molar-refractivity contribution in [2.24, 2.45) is 0 Å². The largest absolute Gasteiger partial charge is 0.493 e. The molecule has 4 aromatic rings. The SMILES string of the molecule is COc1ccc(-c2nc(-c3ccc(C)cc3)c(-c3ccc(C)cc3)[nH]2)cc1OC. The summed E-state index contributed by atoms with van der Waals surface area (Å²) in [4.78, 5) is 8.49. The van der Waals surface area contributed by atoms with E-state index in [9.17, 15) is 0 Å². The van der Waals surface area contributed by atoms with Crippen molar-refractivity contribution in [3.63, 3.8) is 0 Å². The third-order valence-electron chi connectivity index (χ3n) is 5.03. The molecule has 0 bridgehead atoms. The maximum absolute atomic E-state index is 5.46. The molecule has 0 spiro atoms. The predicted octanol–water partition coefficient (Wildman–Crippen LogP) is 6.04. The van der Waals surface area contributed by atoms with Gasteiger partial charge in [-0.2, -0.15) is 0 Å². The average molecular weight is 384 g/mol. The van der Waals surface area contributed by atoms with Crippen LogP contribution in [0, 0.1) is 13.8 Å². The molecule has 4 heteroatoms. The topological polar surface area (TPSA) is 47.1 Å². The van der Waals surface area contributed by atoms with Crippen molar-refractivity contribution in [2.45, 2.75) is 13.8 Å². The van der Waals surface area contributed by atoms with Crippen molar-refractivity contribution in [1.82, 2.24) is 9.97 Å². The molecule has 0 aliphatic rings. The van der Waals surface area contributed by atoms with Crippen LogP contribution in [0.15, 0.2) is 66.7 Å². The molecule has 0 fully saturated rings. The van der Waals surface area contributed by atoms with Crippen LogP contribution in [0.5, 0.6) is 11.5 Å². The smallest absolute Gasteiger partial charge is 0.161 e. The van der Waals surface area contributed by atoms with Crippen LogP contribution in [0.4, 0.5) is 0 Å². The standard InChI is InChI=1S/C25H24N2O2/c1-16-5-9-18(10-6-16)23-24(19-11-7-17(2)8-12-19)27-25(26-23)20-13-14-21(28-3)22(15-20)29-4/h5-15H,1-4H3,(H,26,27). The third kappa shape index (κ3) is 3.74. The fourth-order valence-corrected chi connectivity index (χ4v) is 3.34. The summed E-state index contributed by atoms with van der Waals surface area (Å²) in [5, 5.41) is 0. The van der Waals surface area contributed by atoms with Gasteiger partial charge in [-0.25, -0.2) is 4.98 Å². The Labute approximate surface area is 171 Å². The summed E-state index contributed by atoms with van der Waals surface area (Å²) in [5.41, 5.74) is 7.50. The molecule has 0 amide bonds. The number of ether oxygens (including phenoxy) is 2. The van der Waals surface area contributed by atoms with Crippen LogP contribution in [0.2, 0.25) is 0 Å². The second kappa shape index (κ2) is 7.84. The van der Waals surface area contributed by atoms with Gasteiger partial charge < -0.3 is 14.5 Å². The molecule has 29 heavy (non-hydrogen) atoms. The number of benzene rings is 3. The molecule has 0 aliphatic heterocycles. The summed E-state index contributed by atoms with van der Waals surface area (Å²) in [6.45, 7) is 4.18. The predicted molar refractivity (Wildman–Crippen MR) is 117 cm³/mol. The Kier molecular flexibility index (Phi) is 5.09. The highest BCUT2D eigenvalue weighted by Crippen LogP contribution is 2.36. The van der Waals surface area contributed by atoms with Crippen molar-refractivity contribution >= 4 is 0 Å². The summed E-state index contributed by atoms with van der Waals surface area (Å²) >= 11 is 0. The van der Waals surface area contributed by atoms with E-state index in [2.05, 4.69) is 67.4 Å². The van der Waals surface area contributed by atoms with Crippen molar-refractivity contribution in [1.29, 1.82) is 0 Å². The summed E-state index contributed by atoms with van der Waals surface area (Å²) in [6.07, 6.45) is 0. The lowest BCUT2D eigenvalue weighted by Crippen LogP contribution is -1.91. The Bertz CT molecular complexity index is 1060. The van der Waals surface area contributed by atoms with E-state index in [-0.39, 0.29) is 0 Å². The summed E-state index contributed by atoms with van der Waals surface area (Å²) in [7, 11) is 3.27. The molecule has 1 aromatic heterocycles. The van der Waals surface area contributed by atoms with Crippen LogP contribution in [0.25, 0.3) is 33.9 Å². The quantitative estimate of drug-likeness (QED) is 0.456. The number of methoxy groups -OCH3 is 2. The van der Waals surface area contributed by atoms with Crippen LogP contribution in [-0.2, 0) is 0 Å². The van der Waals surface area contributed by atoms with Crippen molar-refractivity contribution in [3.05, 3.63) is 77.9 Å². The van der Waals surface area contributed by atoms with Gasteiger partial charge in [0.1, 0.15) is 5.82 Å². The molecule has 3 aromatic carbocycles. The van der Waals surface area contributed by atoms with Crippen LogP contribution < -0.4 is 9.47 Å². The van der Waals surface area contributed by atoms with Crippen LogP contribution in [0.3, 0.4) is 0 Å². The first kappa shape index (κ1) is 18.8. The summed E-state index contributed by atoms with van der Waals surface area (Å²) in [5.74, 6) is 2.16. The van der Waals surface area contributed by atoms with Gasteiger partial charge in [-0.1, -0.05) is 59.7 Å². The number of nitrogens with one attached hydrogen (secondary N) is 1. The number of hydrogen-bond acceptors (Lipinski definition) is 3. The van der Waals surface area contributed by atoms with E-state index in [0.29, 0.717) is 11.5 Å². The van der Waals surface area contributed by atoms with Gasteiger partial charge in [0.2, 0.25) is 0 Å². The van der Waals surface area contributed by atoms with E-state index >= 15 is 0 Å². The van der Waals surface area contributed by atoms with Gasteiger partial charge in [0.15, 0.2) is 11.5 Å². The molecule has 4 rings (SSSR count). The minimum atomic E-state index is 0.676. The number of aryl methyl sites for hydroxylation is 2. The highest BCUT2D eigenvalue weighted by atomic mass is 16.5. The fraction of sp³-hybridized carbons (Fsp3) is 0.160. The highest BCUT2D eigenvalue weighted by molar-refractivity contribution is 5.81. The molecule has 0 radical (unpaired) electrons. The van der Waals surface area contributed by atoms with Gasteiger partial charge in [0, 0.05) is 16.7 Å². The fourth-order valence-electron chi connectivity index (χ4n) is 3.34. The minimum Gasteiger partial charge on any atom is -0.493 e. The van der Waals surface area contributed by atoms with Crippen LogP contribution in [0.1, 0.15) is 11.1 Å². The van der Waals surface area contributed by atoms with Gasteiger partial charge in [0.25, 0.3) is 0 Å². The molecule has 0 aliphatic carbocycles. The Morgan fingerprint density at radius 1 is 0.655 bits per heavy atom. The molecular weight excluding hydrogens is 360 g/mol. The Morgan fingerprint density at radius 3 is 1.79 bits per heavy atom. The maximum Gasteiger partial charge on any atom is 0.161 e. The zero-order valence-corrected chi connectivity index (χ0v) is 17.1. The molecule has 1 N–H and O–H groups in total. The van der Waals surface area contributed by atoms with Crippen LogP contribution in [-0.4, -0.2) is 24.2 Å². The number of aromatic nitrogens is 2. The minimum absolute atomic E-state index is 0.676. The van der Waals surface area contributed by atoms with Gasteiger partial charge in [-0.3, -0.25) is 0 Å². The number of hydrogen-bond donors (Lipinski definition) is 1. The van der Waals surface area contributed by atoms with Gasteiger partial charge >= 0.3 is 0 Å². The number of H-pyrrole nitrogens is 1. The average Bonchev–Trinajstić information content (AvgIpc) is 3.19. The second-order valence-electron chi connectivity index (χ2n) is 7.11. The lowest BCUT2D eigenvalue weighted by molar-refractivity contribution is 0.355. The lowest BCUT2D eigenvalue weighted by Gasteiger charge is -2.08. The van der Waals surface area contributed by atoms with Gasteiger partial charge in [-0.15, -0.1) is 0 Å². The van der Waals surface area contributed by atoms with Gasteiger partial charge in [-0.05, 0) is 32.0 Å². The summed E-state index contributed by atoms with van der Waals surface area (Å²) in [6, 6.07) is 22.7. The number of rotatable bonds is 5. The van der Waals surface area contributed by atoms with Crippen molar-refractivity contribution < 1.29 is 9.47 Å². The number of aromatic amines is 1. The Hall–Kier alpha value is -3.53. The third-order valence-corrected chi connectivity index (χ3v) is 5.03. The first-order valence-corrected chi connectivity index (χ1v) is 9.55. The molecule has 0 saturated heterocycles. The molecule has 1 heterocycles. The van der Waals surface area contributed by atoms with E-state index in [1.165, 1.54) is 11.1 Å². The molecule has 0 unspecified atom stereocenters. The zero-order chi connectivity index (χ0) is 20.4.